The molecule has 5 rings (SSSR count). The van der Waals surface area contributed by atoms with Gasteiger partial charge in [-0.3, -0.25) is 9.59 Å². The van der Waals surface area contributed by atoms with Crippen LogP contribution in [0.25, 0.3) is 0 Å². The van der Waals surface area contributed by atoms with Crippen molar-refractivity contribution in [2.45, 2.75) is 78.6 Å². The standard InChI is InChI=1S/C27H37NO2/c1-18(29)22-8-9-23-21-7-6-20-17-19(12-16-28-15-4-5-25(28)30)10-13-26(20,2)24(21)11-14-27(22,23)3/h6,12,16-17,21-24H,4-5,7-11,13-15H2,1-3H3/b16-12+/t21-,22?,23-,24-,26-,27+/m0/s1. The Kier molecular flexibility index (Phi) is 4.87. The average Bonchev–Trinajstić information content (AvgIpc) is 3.28. The Bertz CT molecular complexity index is 851. The van der Waals surface area contributed by atoms with Gasteiger partial charge in [-0.2, -0.15) is 0 Å². The lowest BCUT2D eigenvalue weighted by molar-refractivity contribution is -0.127. The smallest absolute Gasteiger partial charge is 0.226 e. The fraction of sp³-hybridized carbons (Fsp3) is 0.704. The largest absolute Gasteiger partial charge is 0.319 e. The highest BCUT2D eigenvalue weighted by Crippen LogP contribution is 2.66. The van der Waals surface area contributed by atoms with Gasteiger partial charge in [-0.25, -0.2) is 0 Å². The van der Waals surface area contributed by atoms with Crippen LogP contribution in [0.4, 0.5) is 0 Å². The Balaban J connectivity index is 1.38. The van der Waals surface area contributed by atoms with Crippen LogP contribution in [0, 0.1) is 34.5 Å². The minimum absolute atomic E-state index is 0.232. The molecule has 3 nitrogen and oxygen atoms in total. The molecule has 1 heterocycles. The third kappa shape index (κ3) is 2.99. The van der Waals surface area contributed by atoms with Crippen molar-refractivity contribution >= 4 is 11.7 Å². The topological polar surface area (TPSA) is 37.4 Å². The first-order chi connectivity index (χ1) is 14.3. The predicted octanol–water partition coefficient (Wildman–Crippen LogP) is 5.83. The minimum Gasteiger partial charge on any atom is -0.319 e. The maximum absolute atomic E-state index is 12.3. The molecule has 1 saturated heterocycles. The predicted molar refractivity (Wildman–Crippen MR) is 119 cm³/mol. The summed E-state index contributed by atoms with van der Waals surface area (Å²) in [6, 6.07) is 0. The van der Waals surface area contributed by atoms with E-state index in [9.17, 15) is 9.59 Å². The number of carbonyl (C=O) groups is 2. The van der Waals surface area contributed by atoms with E-state index >= 15 is 0 Å². The van der Waals surface area contributed by atoms with E-state index in [1.165, 1.54) is 43.3 Å². The normalized spacial score (nSPS) is 43.2. The molecule has 1 unspecified atom stereocenters. The maximum Gasteiger partial charge on any atom is 0.226 e. The summed E-state index contributed by atoms with van der Waals surface area (Å²) in [6.07, 6.45) is 19.2. The molecule has 1 amide bonds. The number of likely N-dealkylation sites (tertiary alicyclic amines) is 1. The van der Waals surface area contributed by atoms with Crippen LogP contribution in [0.1, 0.15) is 78.6 Å². The Hall–Kier alpha value is -1.64. The van der Waals surface area contributed by atoms with E-state index in [2.05, 4.69) is 32.1 Å². The molecule has 0 bridgehead atoms. The van der Waals surface area contributed by atoms with E-state index in [0.717, 1.165) is 37.6 Å². The second-order valence-corrected chi connectivity index (χ2v) is 11.2. The van der Waals surface area contributed by atoms with Gasteiger partial charge < -0.3 is 4.90 Å². The van der Waals surface area contributed by atoms with Gasteiger partial charge in [0, 0.05) is 25.1 Å². The summed E-state index contributed by atoms with van der Waals surface area (Å²) in [5, 5.41) is 0. The quantitative estimate of drug-likeness (QED) is 0.590. The van der Waals surface area contributed by atoms with E-state index in [1.54, 1.807) is 0 Å². The monoisotopic (exact) mass is 407 g/mol. The van der Waals surface area contributed by atoms with Gasteiger partial charge in [-0.1, -0.05) is 26.0 Å². The number of amides is 1. The van der Waals surface area contributed by atoms with Crippen molar-refractivity contribution in [2.75, 3.05) is 6.54 Å². The summed E-state index contributed by atoms with van der Waals surface area (Å²) < 4.78 is 0. The number of fused-ring (bicyclic) bond motifs is 5. The lowest BCUT2D eigenvalue weighted by atomic mass is 9.47. The lowest BCUT2D eigenvalue weighted by Crippen LogP contribution is -2.49. The number of carbonyl (C=O) groups excluding carboxylic acids is 2. The van der Waals surface area contributed by atoms with Crippen LogP contribution in [0.3, 0.4) is 0 Å². The molecule has 5 aliphatic rings. The number of nitrogens with zero attached hydrogens (tertiary/aromatic N) is 1. The fourth-order valence-corrected chi connectivity index (χ4v) is 8.16. The SMILES string of the molecule is CC(=O)C1CC[C@H]2[C@@H]3CC=C4C=C(/C=C/N5CCCC5=O)CC[C@]4(C)[C@H]3CC[C@]12C. The van der Waals surface area contributed by atoms with Gasteiger partial charge in [0.15, 0.2) is 0 Å². The molecule has 0 spiro atoms. The van der Waals surface area contributed by atoms with Gasteiger partial charge in [-0.05, 0) is 104 Å². The van der Waals surface area contributed by atoms with Gasteiger partial charge >= 0.3 is 0 Å². The Labute approximate surface area is 181 Å². The molecule has 0 aromatic heterocycles. The first-order valence-electron chi connectivity index (χ1n) is 12.2. The van der Waals surface area contributed by atoms with Gasteiger partial charge in [0.25, 0.3) is 0 Å². The average molecular weight is 408 g/mol. The molecule has 0 N–H and O–H groups in total. The highest BCUT2D eigenvalue weighted by atomic mass is 16.2. The van der Waals surface area contributed by atoms with Gasteiger partial charge in [0.05, 0.1) is 0 Å². The van der Waals surface area contributed by atoms with E-state index in [4.69, 9.17) is 0 Å². The van der Waals surface area contributed by atoms with Crippen LogP contribution in [-0.2, 0) is 9.59 Å². The summed E-state index contributed by atoms with van der Waals surface area (Å²) in [5.41, 5.74) is 3.41. The third-order valence-electron chi connectivity index (χ3n) is 9.87. The van der Waals surface area contributed by atoms with Gasteiger partial charge in [0.2, 0.25) is 5.91 Å². The Morgan fingerprint density at radius 1 is 1.13 bits per heavy atom. The molecule has 0 aromatic rings. The van der Waals surface area contributed by atoms with E-state index < -0.39 is 0 Å². The molecule has 0 radical (unpaired) electrons. The van der Waals surface area contributed by atoms with Crippen LogP contribution < -0.4 is 0 Å². The molecule has 6 atom stereocenters. The van der Waals surface area contributed by atoms with Crippen LogP contribution >= 0.6 is 0 Å². The molecule has 30 heavy (non-hydrogen) atoms. The molecule has 4 aliphatic carbocycles. The molecule has 162 valence electrons. The second-order valence-electron chi connectivity index (χ2n) is 11.2. The van der Waals surface area contributed by atoms with Crippen molar-refractivity contribution in [3.8, 4) is 0 Å². The van der Waals surface area contributed by atoms with E-state index in [-0.39, 0.29) is 22.7 Å². The summed E-state index contributed by atoms with van der Waals surface area (Å²) in [7, 11) is 0. The zero-order valence-corrected chi connectivity index (χ0v) is 19.0. The highest BCUT2D eigenvalue weighted by Gasteiger charge is 2.58. The van der Waals surface area contributed by atoms with Crippen LogP contribution in [0.15, 0.2) is 35.6 Å². The first-order valence-corrected chi connectivity index (χ1v) is 12.2. The molecule has 1 aliphatic heterocycles. The maximum atomic E-state index is 12.3. The van der Waals surface area contributed by atoms with Crippen LogP contribution in [0.2, 0.25) is 0 Å². The van der Waals surface area contributed by atoms with Crippen molar-refractivity contribution in [1.29, 1.82) is 0 Å². The van der Waals surface area contributed by atoms with Crippen molar-refractivity contribution in [1.82, 2.24) is 4.90 Å². The number of allylic oxidation sites excluding steroid dienone is 5. The van der Waals surface area contributed by atoms with Crippen molar-refractivity contribution in [3.63, 3.8) is 0 Å². The Morgan fingerprint density at radius 3 is 2.70 bits per heavy atom. The number of rotatable bonds is 3. The summed E-state index contributed by atoms with van der Waals surface area (Å²) >= 11 is 0. The highest BCUT2D eigenvalue weighted by molar-refractivity contribution is 5.80. The van der Waals surface area contributed by atoms with Gasteiger partial charge in [0.1, 0.15) is 5.78 Å². The number of ketones is 1. The molecular formula is C27H37NO2. The zero-order chi connectivity index (χ0) is 21.1. The van der Waals surface area contributed by atoms with E-state index in [1.807, 2.05) is 18.0 Å². The number of Topliss-reactive ketones (excluding diaryl/α,β-unsaturated/α-hetero) is 1. The third-order valence-corrected chi connectivity index (χ3v) is 9.87. The minimum atomic E-state index is 0.232. The van der Waals surface area contributed by atoms with Crippen molar-refractivity contribution < 1.29 is 9.59 Å². The van der Waals surface area contributed by atoms with Crippen molar-refractivity contribution in [2.24, 2.45) is 34.5 Å². The lowest BCUT2D eigenvalue weighted by Gasteiger charge is -2.57. The Morgan fingerprint density at radius 2 is 1.97 bits per heavy atom. The van der Waals surface area contributed by atoms with E-state index in [0.29, 0.717) is 18.1 Å². The summed E-state index contributed by atoms with van der Waals surface area (Å²) in [6.45, 7) is 7.63. The zero-order valence-electron chi connectivity index (χ0n) is 19.0. The molecular weight excluding hydrogens is 370 g/mol. The molecule has 0 aromatic carbocycles. The molecule has 3 heteroatoms. The molecule has 2 saturated carbocycles. The first kappa shape index (κ1) is 20.3. The van der Waals surface area contributed by atoms with Crippen molar-refractivity contribution in [3.05, 3.63) is 35.6 Å². The number of hydrogen-bond acceptors (Lipinski definition) is 2. The fourth-order valence-electron chi connectivity index (χ4n) is 8.16. The summed E-state index contributed by atoms with van der Waals surface area (Å²) in [5.74, 6) is 3.19. The second kappa shape index (κ2) is 7.21. The van der Waals surface area contributed by atoms with Crippen LogP contribution in [-0.4, -0.2) is 23.1 Å². The molecule has 3 fully saturated rings. The van der Waals surface area contributed by atoms with Gasteiger partial charge in [-0.15, -0.1) is 0 Å². The summed E-state index contributed by atoms with van der Waals surface area (Å²) in [4.78, 5) is 26.1. The number of hydrogen-bond donors (Lipinski definition) is 0. The van der Waals surface area contributed by atoms with Crippen LogP contribution in [0.5, 0.6) is 0 Å².